The maximum atomic E-state index is 5.53. The minimum Gasteiger partial charge on any atom is -0.467 e. The summed E-state index contributed by atoms with van der Waals surface area (Å²) in [7, 11) is 0. The molecule has 1 aliphatic carbocycles. The highest BCUT2D eigenvalue weighted by Gasteiger charge is 2.37. The fourth-order valence-electron chi connectivity index (χ4n) is 3.05. The first-order chi connectivity index (χ1) is 10.4. The van der Waals surface area contributed by atoms with Crippen molar-refractivity contribution in [1.29, 1.82) is 0 Å². The molecule has 21 heavy (non-hydrogen) atoms. The third kappa shape index (κ3) is 2.67. The second kappa shape index (κ2) is 5.51. The Labute approximate surface area is 124 Å². The highest BCUT2D eigenvalue weighted by atomic mass is 16.7. The SMILES string of the molecule is c1ccc(C2CC2NCc2cccc3c2COCO3)cc1. The second-order valence-corrected chi connectivity index (χ2v) is 5.74. The van der Waals surface area contributed by atoms with E-state index < -0.39 is 0 Å². The Hall–Kier alpha value is -1.84. The molecule has 4 rings (SSSR count). The molecule has 1 fully saturated rings. The van der Waals surface area contributed by atoms with Crippen molar-refractivity contribution in [3.8, 4) is 5.75 Å². The topological polar surface area (TPSA) is 30.5 Å². The maximum Gasteiger partial charge on any atom is 0.189 e. The van der Waals surface area contributed by atoms with Crippen molar-refractivity contribution < 1.29 is 9.47 Å². The number of rotatable bonds is 4. The Kier molecular flexibility index (Phi) is 3.37. The van der Waals surface area contributed by atoms with Gasteiger partial charge < -0.3 is 14.8 Å². The van der Waals surface area contributed by atoms with Gasteiger partial charge >= 0.3 is 0 Å². The maximum absolute atomic E-state index is 5.53. The lowest BCUT2D eigenvalue weighted by Gasteiger charge is -2.20. The minimum atomic E-state index is 0.364. The first-order valence-corrected chi connectivity index (χ1v) is 7.51. The van der Waals surface area contributed by atoms with Crippen molar-refractivity contribution in [2.75, 3.05) is 6.79 Å². The van der Waals surface area contributed by atoms with Crippen molar-refractivity contribution in [3.05, 3.63) is 65.2 Å². The fourth-order valence-corrected chi connectivity index (χ4v) is 3.05. The first-order valence-electron chi connectivity index (χ1n) is 7.51. The molecule has 1 N–H and O–H groups in total. The van der Waals surface area contributed by atoms with E-state index in [0.717, 1.165) is 12.3 Å². The molecule has 0 saturated heterocycles. The molecule has 3 nitrogen and oxygen atoms in total. The molecule has 0 bridgehead atoms. The molecule has 0 spiro atoms. The molecule has 3 heteroatoms. The molecule has 1 saturated carbocycles. The zero-order valence-electron chi connectivity index (χ0n) is 11.9. The van der Waals surface area contributed by atoms with Crippen LogP contribution in [0.2, 0.25) is 0 Å². The van der Waals surface area contributed by atoms with E-state index in [-0.39, 0.29) is 0 Å². The van der Waals surface area contributed by atoms with Gasteiger partial charge in [0.2, 0.25) is 0 Å². The van der Waals surface area contributed by atoms with E-state index in [1.807, 2.05) is 6.07 Å². The molecule has 1 heterocycles. The lowest BCUT2D eigenvalue weighted by molar-refractivity contribution is -0.0168. The van der Waals surface area contributed by atoms with Crippen LogP contribution in [0.1, 0.15) is 29.0 Å². The van der Waals surface area contributed by atoms with Crippen LogP contribution in [-0.2, 0) is 17.9 Å². The molecular formula is C18H19NO2. The highest BCUT2D eigenvalue weighted by molar-refractivity contribution is 5.40. The molecular weight excluding hydrogens is 262 g/mol. The van der Waals surface area contributed by atoms with E-state index in [0.29, 0.717) is 25.4 Å². The number of benzene rings is 2. The average Bonchev–Trinajstić information content (AvgIpc) is 3.33. The lowest BCUT2D eigenvalue weighted by atomic mass is 10.1. The first kappa shape index (κ1) is 12.9. The number of hydrogen-bond donors (Lipinski definition) is 1. The van der Waals surface area contributed by atoms with Gasteiger partial charge in [0.05, 0.1) is 6.61 Å². The number of fused-ring (bicyclic) bond motifs is 1. The van der Waals surface area contributed by atoms with Crippen LogP contribution < -0.4 is 10.1 Å². The summed E-state index contributed by atoms with van der Waals surface area (Å²) in [5, 5.41) is 3.66. The van der Waals surface area contributed by atoms with Crippen molar-refractivity contribution in [1.82, 2.24) is 5.32 Å². The van der Waals surface area contributed by atoms with E-state index in [1.165, 1.54) is 23.1 Å². The highest BCUT2D eigenvalue weighted by Crippen LogP contribution is 2.41. The molecule has 1 aliphatic heterocycles. The van der Waals surface area contributed by atoms with Crippen molar-refractivity contribution in [2.45, 2.75) is 31.5 Å². The normalized spacial score (nSPS) is 23.2. The zero-order valence-corrected chi connectivity index (χ0v) is 11.9. The average molecular weight is 281 g/mol. The summed E-state index contributed by atoms with van der Waals surface area (Å²) in [5.74, 6) is 1.63. The van der Waals surface area contributed by atoms with Crippen LogP contribution in [0, 0.1) is 0 Å². The van der Waals surface area contributed by atoms with Gasteiger partial charge in [-0.1, -0.05) is 42.5 Å². The fraction of sp³-hybridized carbons (Fsp3) is 0.333. The minimum absolute atomic E-state index is 0.364. The second-order valence-electron chi connectivity index (χ2n) is 5.74. The summed E-state index contributed by atoms with van der Waals surface area (Å²) in [6.07, 6.45) is 1.23. The van der Waals surface area contributed by atoms with Gasteiger partial charge in [0.1, 0.15) is 5.75 Å². The number of hydrogen-bond acceptors (Lipinski definition) is 3. The molecule has 2 aromatic rings. The largest absolute Gasteiger partial charge is 0.467 e. The van der Waals surface area contributed by atoms with Gasteiger partial charge in [-0.15, -0.1) is 0 Å². The van der Waals surface area contributed by atoms with E-state index in [9.17, 15) is 0 Å². The van der Waals surface area contributed by atoms with Crippen molar-refractivity contribution in [2.24, 2.45) is 0 Å². The van der Waals surface area contributed by atoms with E-state index in [1.54, 1.807) is 0 Å². The molecule has 2 aliphatic rings. The molecule has 2 aromatic carbocycles. The lowest BCUT2D eigenvalue weighted by Crippen LogP contribution is -2.20. The van der Waals surface area contributed by atoms with Gasteiger partial charge in [0.25, 0.3) is 0 Å². The Morgan fingerprint density at radius 3 is 2.86 bits per heavy atom. The summed E-state index contributed by atoms with van der Waals surface area (Å²) < 4.78 is 10.9. The van der Waals surface area contributed by atoms with Crippen LogP contribution in [0.4, 0.5) is 0 Å². The van der Waals surface area contributed by atoms with Gasteiger partial charge in [0.15, 0.2) is 6.79 Å². The van der Waals surface area contributed by atoms with Crippen LogP contribution >= 0.6 is 0 Å². The third-order valence-corrected chi connectivity index (χ3v) is 4.35. The Morgan fingerprint density at radius 2 is 1.95 bits per heavy atom. The molecule has 0 amide bonds. The Bertz CT molecular complexity index is 626. The molecule has 0 radical (unpaired) electrons. The van der Waals surface area contributed by atoms with E-state index in [4.69, 9.17) is 9.47 Å². The Morgan fingerprint density at radius 1 is 1.05 bits per heavy atom. The van der Waals surface area contributed by atoms with Gasteiger partial charge in [-0.2, -0.15) is 0 Å². The van der Waals surface area contributed by atoms with Crippen LogP contribution in [-0.4, -0.2) is 12.8 Å². The number of nitrogens with one attached hydrogen (secondary N) is 1. The van der Waals surface area contributed by atoms with E-state index in [2.05, 4.69) is 47.8 Å². The van der Waals surface area contributed by atoms with E-state index >= 15 is 0 Å². The summed E-state index contributed by atoms with van der Waals surface area (Å²) in [4.78, 5) is 0. The molecule has 0 aromatic heterocycles. The number of ether oxygens (including phenoxy) is 2. The van der Waals surface area contributed by atoms with Crippen LogP contribution in [0.25, 0.3) is 0 Å². The van der Waals surface area contributed by atoms with Crippen molar-refractivity contribution in [3.63, 3.8) is 0 Å². The summed E-state index contributed by atoms with van der Waals surface area (Å²) in [6, 6.07) is 17.6. The summed E-state index contributed by atoms with van der Waals surface area (Å²) >= 11 is 0. The monoisotopic (exact) mass is 281 g/mol. The predicted molar refractivity (Wildman–Crippen MR) is 81.2 cm³/mol. The summed E-state index contributed by atoms with van der Waals surface area (Å²) in [6.45, 7) is 1.90. The van der Waals surface area contributed by atoms with Gasteiger partial charge in [-0.25, -0.2) is 0 Å². The van der Waals surface area contributed by atoms with Crippen LogP contribution in [0.3, 0.4) is 0 Å². The van der Waals surface area contributed by atoms with Crippen LogP contribution in [0.5, 0.6) is 5.75 Å². The molecule has 2 atom stereocenters. The predicted octanol–water partition coefficient (Wildman–Crippen LogP) is 3.20. The smallest absolute Gasteiger partial charge is 0.189 e. The van der Waals surface area contributed by atoms with Crippen LogP contribution in [0.15, 0.2) is 48.5 Å². The van der Waals surface area contributed by atoms with Crippen molar-refractivity contribution >= 4 is 0 Å². The standard InChI is InChI=1S/C18H19NO2/c1-2-5-13(6-3-1)15-9-17(15)19-10-14-7-4-8-18-16(14)11-20-12-21-18/h1-8,15,17,19H,9-12H2. The quantitative estimate of drug-likeness (QED) is 0.933. The van der Waals surface area contributed by atoms with Gasteiger partial charge in [-0.3, -0.25) is 0 Å². The zero-order chi connectivity index (χ0) is 14.1. The van der Waals surface area contributed by atoms with Gasteiger partial charge in [-0.05, 0) is 23.6 Å². The molecule has 2 unspecified atom stereocenters. The molecule has 108 valence electrons. The third-order valence-electron chi connectivity index (χ3n) is 4.35. The summed E-state index contributed by atoms with van der Waals surface area (Å²) in [5.41, 5.74) is 3.91. The Balaban J connectivity index is 1.40. The van der Waals surface area contributed by atoms with Gasteiger partial charge in [0, 0.05) is 24.1 Å².